The van der Waals surface area contributed by atoms with Crippen molar-refractivity contribution in [1.82, 2.24) is 29.9 Å². The van der Waals surface area contributed by atoms with Crippen LogP contribution in [0.5, 0.6) is 0 Å². The number of benzene rings is 2. The number of hydrogen-bond donors (Lipinski definition) is 2. The lowest BCUT2D eigenvalue weighted by molar-refractivity contribution is -0.142. The zero-order chi connectivity index (χ0) is 44.1. The van der Waals surface area contributed by atoms with Crippen LogP contribution in [0.2, 0.25) is 5.02 Å². The van der Waals surface area contributed by atoms with Gasteiger partial charge in [0.05, 0.1) is 33.9 Å². The van der Waals surface area contributed by atoms with Crippen molar-refractivity contribution in [2.45, 2.75) is 62.0 Å². The van der Waals surface area contributed by atoms with Crippen LogP contribution in [-0.2, 0) is 56.8 Å². The third kappa shape index (κ3) is 8.03. The third-order valence-electron chi connectivity index (χ3n) is 10.4. The highest BCUT2D eigenvalue weighted by molar-refractivity contribution is 7.92. The van der Waals surface area contributed by atoms with Gasteiger partial charge in [0, 0.05) is 42.0 Å². The second-order valence-corrected chi connectivity index (χ2v) is 20.0. The molecule has 3 heterocycles. The molecule has 0 unspecified atom stereocenters. The van der Waals surface area contributed by atoms with Crippen molar-refractivity contribution in [2.24, 2.45) is 13.0 Å². The number of rotatable bonds is 10. The van der Waals surface area contributed by atoms with E-state index < -0.39 is 102 Å². The number of halogens is 8. The van der Waals surface area contributed by atoms with Gasteiger partial charge in [-0.3, -0.25) is 18.9 Å². The maximum atomic E-state index is 15.4. The Hall–Kier alpha value is -5.20. The van der Waals surface area contributed by atoms with Crippen molar-refractivity contribution in [3.63, 3.8) is 0 Å². The summed E-state index contributed by atoms with van der Waals surface area (Å²) < 4.78 is 154. The summed E-state index contributed by atoms with van der Waals surface area (Å²) in [5.41, 5.74) is -2.80. The first-order valence-corrected chi connectivity index (χ1v) is 22.0. The number of aryl methyl sites for hydroxylation is 1. The Morgan fingerprint density at radius 3 is 2.28 bits per heavy atom. The molecule has 7 rings (SSSR count). The van der Waals surface area contributed by atoms with Gasteiger partial charge in [-0.2, -0.15) is 32.1 Å². The summed E-state index contributed by atoms with van der Waals surface area (Å²) in [6.45, 7) is 1.57. The number of amides is 1. The van der Waals surface area contributed by atoms with Crippen LogP contribution in [0.3, 0.4) is 0 Å². The van der Waals surface area contributed by atoms with Crippen LogP contribution in [0.1, 0.15) is 66.1 Å². The molecule has 2 aliphatic rings. The minimum atomic E-state index is -5.11. The van der Waals surface area contributed by atoms with Gasteiger partial charge in [-0.25, -0.2) is 30.6 Å². The average molecular weight is 900 g/mol. The molecule has 1 fully saturated rings. The van der Waals surface area contributed by atoms with Gasteiger partial charge in [-0.1, -0.05) is 23.6 Å². The maximum absolute atomic E-state index is 15.4. The summed E-state index contributed by atoms with van der Waals surface area (Å²) in [6.07, 6.45) is -3.87. The summed E-state index contributed by atoms with van der Waals surface area (Å²) in [4.78, 5) is 18.6. The molecule has 3 atom stereocenters. The van der Waals surface area contributed by atoms with Crippen molar-refractivity contribution in [2.75, 3.05) is 17.2 Å². The Bertz CT molecular complexity index is 2900. The van der Waals surface area contributed by atoms with Crippen molar-refractivity contribution < 1.29 is 52.4 Å². The molecule has 2 N–H and O–H groups in total. The molecule has 318 valence electrons. The van der Waals surface area contributed by atoms with E-state index in [9.17, 15) is 43.6 Å². The SMILES string of the molecule is Cn1nc(NS(C)(=O)=O)c2c(Cl)ccc(-c3ccc(C#CC(C)(C)S(C)(=O)=O)nc3[C@H](Cc3cc(F)cc(F)c3)NC(=O)Cn3nc(C(F)(F)F)c4c3C(F)(F)[C@@H]3C[C@H]43)c21. The highest BCUT2D eigenvalue weighted by atomic mass is 35.5. The highest BCUT2D eigenvalue weighted by Crippen LogP contribution is 2.68. The molecule has 2 aromatic carbocycles. The Kier molecular flexibility index (Phi) is 10.4. The molecule has 0 spiro atoms. The number of sulfone groups is 1. The number of anilines is 1. The zero-order valence-corrected chi connectivity index (χ0v) is 34.4. The van der Waals surface area contributed by atoms with Gasteiger partial charge < -0.3 is 5.32 Å². The summed E-state index contributed by atoms with van der Waals surface area (Å²) in [6, 6.07) is 6.82. The molecule has 5 aromatic rings. The summed E-state index contributed by atoms with van der Waals surface area (Å²) in [5.74, 6) is -4.13. The fourth-order valence-corrected chi connectivity index (χ4v) is 8.31. The number of aromatic nitrogens is 5. The smallest absolute Gasteiger partial charge is 0.346 e. The normalized spacial score (nSPS) is 17.8. The standard InChI is InChI=1S/C38H33ClF7N7O5S2/c1-36(2,59(4,55)56)11-10-21-6-7-22(23-8-9-26(39)30-32(23)52(3)50-35(30)51-60(5,57)58)31(47-21)27(14-18-12-19(40)15-20(41)13-18)48-28(54)17-53-34-29(33(49-53)38(44,45)46)24-16-25(24)37(34,42)43/h6-9,12-13,15,24-25,27H,14,16-17H2,1-5H3,(H,48,54)(H,50,51)/t24-,25+,27-/m0/s1. The molecule has 22 heteroatoms. The van der Waals surface area contributed by atoms with Crippen molar-refractivity contribution in [1.29, 1.82) is 0 Å². The number of sulfonamides is 1. The summed E-state index contributed by atoms with van der Waals surface area (Å²) in [5, 5.41) is 10.5. The Morgan fingerprint density at radius 1 is 1.02 bits per heavy atom. The Morgan fingerprint density at radius 2 is 1.67 bits per heavy atom. The first-order chi connectivity index (χ1) is 27.7. The molecular weight excluding hydrogens is 867 g/mol. The highest BCUT2D eigenvalue weighted by Gasteiger charge is 2.68. The van der Waals surface area contributed by atoms with Gasteiger partial charge in [-0.15, -0.1) is 0 Å². The number of nitrogens with zero attached hydrogens (tertiary/aromatic N) is 5. The third-order valence-corrected chi connectivity index (χ3v) is 13.2. The minimum absolute atomic E-state index is 0.0485. The first kappa shape index (κ1) is 42.9. The molecule has 0 aliphatic heterocycles. The fraction of sp³-hybridized carbons (Fsp3) is 0.368. The Balaban J connectivity index is 1.41. The van der Waals surface area contributed by atoms with Crippen LogP contribution >= 0.6 is 11.6 Å². The number of pyridine rings is 1. The molecule has 12 nitrogen and oxygen atoms in total. The molecule has 2 aliphatic carbocycles. The van der Waals surface area contributed by atoms with E-state index in [0.29, 0.717) is 10.7 Å². The van der Waals surface area contributed by atoms with Crippen LogP contribution in [0.15, 0.2) is 42.5 Å². The van der Waals surface area contributed by atoms with Gasteiger partial charge in [-0.05, 0) is 74.4 Å². The second kappa shape index (κ2) is 14.5. The Labute approximate surface area is 343 Å². The summed E-state index contributed by atoms with van der Waals surface area (Å²) >= 11 is 6.57. The predicted molar refractivity (Wildman–Crippen MR) is 206 cm³/mol. The molecular formula is C38H33ClF7N7O5S2. The largest absolute Gasteiger partial charge is 0.435 e. The zero-order valence-electron chi connectivity index (χ0n) is 32.0. The molecule has 0 radical (unpaired) electrons. The van der Waals surface area contributed by atoms with E-state index in [1.807, 2.05) is 0 Å². The molecule has 60 heavy (non-hydrogen) atoms. The van der Waals surface area contributed by atoms with E-state index in [0.717, 1.165) is 24.6 Å². The number of alkyl halides is 5. The molecule has 3 aromatic heterocycles. The van der Waals surface area contributed by atoms with E-state index in [2.05, 4.69) is 37.1 Å². The van der Waals surface area contributed by atoms with Crippen LogP contribution in [0, 0.1) is 29.4 Å². The van der Waals surface area contributed by atoms with E-state index in [-0.39, 0.29) is 56.2 Å². The van der Waals surface area contributed by atoms with Crippen LogP contribution in [0.4, 0.5) is 36.6 Å². The van der Waals surface area contributed by atoms with Gasteiger partial charge in [0.1, 0.15) is 34.3 Å². The van der Waals surface area contributed by atoms with Crippen molar-refractivity contribution in [3.8, 4) is 23.0 Å². The van der Waals surface area contributed by atoms with E-state index in [1.165, 1.54) is 49.8 Å². The van der Waals surface area contributed by atoms with Gasteiger partial charge >= 0.3 is 6.18 Å². The van der Waals surface area contributed by atoms with E-state index >= 15 is 8.78 Å². The van der Waals surface area contributed by atoms with Crippen molar-refractivity contribution in [3.05, 3.63) is 93.0 Å². The van der Waals surface area contributed by atoms with E-state index in [4.69, 9.17) is 11.6 Å². The molecule has 0 bridgehead atoms. The fourth-order valence-electron chi connectivity index (χ4n) is 7.34. The second-order valence-electron chi connectivity index (χ2n) is 15.3. The summed E-state index contributed by atoms with van der Waals surface area (Å²) in [7, 11) is -6.15. The number of nitrogens with one attached hydrogen (secondary N) is 2. The van der Waals surface area contributed by atoms with Gasteiger partial charge in [0.2, 0.25) is 15.9 Å². The minimum Gasteiger partial charge on any atom is -0.346 e. The maximum Gasteiger partial charge on any atom is 0.435 e. The molecule has 1 amide bonds. The number of carbonyl (C=O) groups is 1. The van der Waals surface area contributed by atoms with Gasteiger partial charge in [0.15, 0.2) is 21.3 Å². The first-order valence-electron chi connectivity index (χ1n) is 17.8. The monoisotopic (exact) mass is 899 g/mol. The molecule has 0 saturated heterocycles. The van der Waals surface area contributed by atoms with Crippen LogP contribution in [0.25, 0.3) is 22.0 Å². The van der Waals surface area contributed by atoms with E-state index in [1.54, 1.807) is 0 Å². The van der Waals surface area contributed by atoms with Crippen LogP contribution < -0.4 is 10.0 Å². The van der Waals surface area contributed by atoms with Gasteiger partial charge in [0.25, 0.3) is 5.92 Å². The number of hydrogen-bond acceptors (Lipinski definition) is 8. The topological polar surface area (TPSA) is 158 Å². The number of carbonyl (C=O) groups excluding carboxylic acids is 1. The lowest BCUT2D eigenvalue weighted by atomic mass is 9.93. The molecule has 1 saturated carbocycles. The van der Waals surface area contributed by atoms with Crippen LogP contribution in [-0.4, -0.2) is 64.5 Å². The average Bonchev–Trinajstić information content (AvgIpc) is 3.64. The number of fused-ring (bicyclic) bond motifs is 4. The quantitative estimate of drug-likeness (QED) is 0.117. The predicted octanol–water partition coefficient (Wildman–Crippen LogP) is 6.64. The lowest BCUT2D eigenvalue weighted by Gasteiger charge is -2.23. The van der Waals surface area contributed by atoms with Crippen molar-refractivity contribution >= 4 is 54.1 Å². The lowest BCUT2D eigenvalue weighted by Crippen LogP contribution is -2.35.